The molecule has 0 saturated carbocycles. The van der Waals surface area contributed by atoms with Crippen LogP contribution in [-0.2, 0) is 26.4 Å². The quantitative estimate of drug-likeness (QED) is 0.402. The highest BCUT2D eigenvalue weighted by molar-refractivity contribution is 7.98. The number of thioether (sulfide) groups is 1. The number of imidazole rings is 1. The first-order chi connectivity index (χ1) is 14.8. The molecule has 4 rings (SSSR count). The molecule has 0 fully saturated rings. The number of aryl methyl sites for hydroxylation is 3. The molecule has 0 spiro atoms. The minimum absolute atomic E-state index is 0.0499. The van der Waals surface area contributed by atoms with E-state index in [1.807, 2.05) is 12.1 Å². The maximum Gasteiger partial charge on any atom is 0.332 e. The van der Waals surface area contributed by atoms with Crippen molar-refractivity contribution in [3.63, 3.8) is 0 Å². The summed E-state index contributed by atoms with van der Waals surface area (Å²) < 4.78 is 4.33. The largest absolute Gasteiger partial charge is 0.332 e. The Morgan fingerprint density at radius 1 is 1.00 bits per heavy atom. The second-order valence-electron chi connectivity index (χ2n) is 7.31. The minimum Gasteiger partial charge on any atom is -0.316 e. The van der Waals surface area contributed by atoms with Crippen molar-refractivity contribution in [2.45, 2.75) is 24.4 Å². The third kappa shape index (κ3) is 4.05. The summed E-state index contributed by atoms with van der Waals surface area (Å²) in [5, 5.41) is 1.57. The molecule has 0 bridgehead atoms. The molecule has 0 saturated heterocycles. The average molecular weight is 475 g/mol. The van der Waals surface area contributed by atoms with Crippen LogP contribution in [0.2, 0.25) is 10.0 Å². The van der Waals surface area contributed by atoms with Gasteiger partial charge in [-0.15, -0.1) is 0 Å². The molecule has 0 aliphatic heterocycles. The second-order valence-corrected chi connectivity index (χ2v) is 9.10. The Balaban J connectivity index is 1.77. The predicted molar refractivity (Wildman–Crippen MR) is 127 cm³/mol. The highest BCUT2D eigenvalue weighted by Crippen LogP contribution is 2.25. The summed E-state index contributed by atoms with van der Waals surface area (Å²) in [4.78, 5) is 30.8. The van der Waals surface area contributed by atoms with Gasteiger partial charge in [0, 0.05) is 29.9 Å². The molecule has 0 atom stereocenters. The van der Waals surface area contributed by atoms with Gasteiger partial charge in [0.1, 0.15) is 0 Å². The Morgan fingerprint density at radius 3 is 2.45 bits per heavy atom. The van der Waals surface area contributed by atoms with Crippen LogP contribution >= 0.6 is 35.0 Å². The van der Waals surface area contributed by atoms with Crippen LogP contribution in [0.1, 0.15) is 16.7 Å². The first kappa shape index (κ1) is 21.7. The Morgan fingerprint density at radius 2 is 1.74 bits per heavy atom. The zero-order valence-corrected chi connectivity index (χ0v) is 19.6. The Bertz CT molecular complexity index is 1420. The Hall–Kier alpha value is -2.48. The molecule has 2 heterocycles. The fourth-order valence-corrected chi connectivity index (χ4v) is 4.94. The molecule has 9 heteroatoms. The van der Waals surface area contributed by atoms with Gasteiger partial charge in [0.2, 0.25) is 0 Å². The van der Waals surface area contributed by atoms with Gasteiger partial charge in [-0.3, -0.25) is 13.9 Å². The van der Waals surface area contributed by atoms with Crippen LogP contribution in [0, 0.1) is 6.92 Å². The number of rotatable bonds is 5. The smallest absolute Gasteiger partial charge is 0.316 e. The zero-order chi connectivity index (χ0) is 22.3. The van der Waals surface area contributed by atoms with Crippen molar-refractivity contribution in [2.75, 3.05) is 0 Å². The fourth-order valence-electron chi connectivity index (χ4n) is 3.43. The molecule has 0 radical (unpaired) electrons. The number of nitrogens with zero attached hydrogens (tertiary/aromatic N) is 4. The Kier molecular flexibility index (Phi) is 6.01. The van der Waals surface area contributed by atoms with Gasteiger partial charge in [-0.05, 0) is 35.7 Å². The zero-order valence-electron chi connectivity index (χ0n) is 17.2. The highest BCUT2D eigenvalue weighted by atomic mass is 35.5. The average Bonchev–Trinajstić information content (AvgIpc) is 3.07. The lowest BCUT2D eigenvalue weighted by Crippen LogP contribution is -2.39. The van der Waals surface area contributed by atoms with E-state index in [1.165, 1.54) is 32.0 Å². The molecule has 0 amide bonds. The third-order valence-corrected chi connectivity index (χ3v) is 6.95. The maximum atomic E-state index is 13.3. The van der Waals surface area contributed by atoms with Crippen molar-refractivity contribution in [1.29, 1.82) is 0 Å². The highest BCUT2D eigenvalue weighted by Gasteiger charge is 2.19. The first-order valence-electron chi connectivity index (χ1n) is 9.55. The molecule has 2 aromatic carbocycles. The molecule has 0 N–H and O–H groups in total. The van der Waals surface area contributed by atoms with Crippen molar-refractivity contribution in [3.8, 4) is 0 Å². The van der Waals surface area contributed by atoms with Crippen LogP contribution in [0.5, 0.6) is 0 Å². The van der Waals surface area contributed by atoms with Crippen molar-refractivity contribution >= 4 is 46.1 Å². The fraction of sp³-hybridized carbons (Fsp3) is 0.227. The summed E-state index contributed by atoms with van der Waals surface area (Å²) in [6.45, 7) is 2.11. The van der Waals surface area contributed by atoms with E-state index in [2.05, 4.69) is 24.0 Å². The van der Waals surface area contributed by atoms with E-state index in [-0.39, 0.29) is 6.54 Å². The monoisotopic (exact) mass is 474 g/mol. The lowest BCUT2D eigenvalue weighted by molar-refractivity contribution is 0.655. The summed E-state index contributed by atoms with van der Waals surface area (Å²) in [6.07, 6.45) is 0. The molecular weight excluding hydrogens is 455 g/mol. The number of aromatic nitrogens is 4. The van der Waals surface area contributed by atoms with E-state index in [4.69, 9.17) is 23.2 Å². The van der Waals surface area contributed by atoms with E-state index < -0.39 is 11.2 Å². The van der Waals surface area contributed by atoms with Crippen LogP contribution < -0.4 is 11.2 Å². The van der Waals surface area contributed by atoms with Gasteiger partial charge in [-0.2, -0.15) is 0 Å². The molecule has 0 unspecified atom stereocenters. The van der Waals surface area contributed by atoms with E-state index in [1.54, 1.807) is 36.9 Å². The van der Waals surface area contributed by atoms with Crippen LogP contribution in [0.25, 0.3) is 11.2 Å². The third-order valence-electron chi connectivity index (χ3n) is 5.28. The minimum atomic E-state index is -0.447. The number of fused-ring (bicyclic) bond motifs is 1. The molecule has 4 aromatic rings. The van der Waals surface area contributed by atoms with Gasteiger partial charge in [0.15, 0.2) is 16.3 Å². The van der Waals surface area contributed by atoms with Crippen LogP contribution in [-0.4, -0.2) is 18.7 Å². The molecule has 160 valence electrons. The molecule has 31 heavy (non-hydrogen) atoms. The lowest BCUT2D eigenvalue weighted by atomic mass is 10.1. The predicted octanol–water partition coefficient (Wildman–Crippen LogP) is 4.39. The van der Waals surface area contributed by atoms with Crippen LogP contribution in [0.4, 0.5) is 0 Å². The molecule has 0 aliphatic carbocycles. The second kappa shape index (κ2) is 8.57. The van der Waals surface area contributed by atoms with Crippen LogP contribution in [0.15, 0.2) is 57.2 Å². The van der Waals surface area contributed by atoms with Gasteiger partial charge < -0.3 is 4.57 Å². The van der Waals surface area contributed by atoms with E-state index in [0.29, 0.717) is 37.7 Å². The normalized spacial score (nSPS) is 11.4. The van der Waals surface area contributed by atoms with Crippen molar-refractivity contribution < 1.29 is 0 Å². The standard InChI is InChI=1S/C22H20Cl2N4O2S/c1-13-6-4-5-7-15(13)12-31-21-25-19-18(26(21)2)20(29)28(22(30)27(19)3)11-14-8-9-16(23)10-17(14)24/h4-10H,11-12H2,1-3H3. The summed E-state index contributed by atoms with van der Waals surface area (Å²) in [7, 11) is 3.41. The summed E-state index contributed by atoms with van der Waals surface area (Å²) in [5.74, 6) is 0.715. The van der Waals surface area contributed by atoms with Gasteiger partial charge in [-0.25, -0.2) is 9.78 Å². The van der Waals surface area contributed by atoms with E-state index in [0.717, 1.165) is 0 Å². The number of hydrogen-bond donors (Lipinski definition) is 0. The van der Waals surface area contributed by atoms with E-state index >= 15 is 0 Å². The van der Waals surface area contributed by atoms with Gasteiger partial charge in [0.05, 0.1) is 6.54 Å². The molecule has 2 aromatic heterocycles. The van der Waals surface area contributed by atoms with Crippen molar-refractivity contribution in [3.05, 3.63) is 90.0 Å². The summed E-state index contributed by atoms with van der Waals surface area (Å²) >= 11 is 13.8. The molecule has 6 nitrogen and oxygen atoms in total. The first-order valence-corrected chi connectivity index (χ1v) is 11.3. The lowest BCUT2D eigenvalue weighted by Gasteiger charge is -2.10. The Labute approximate surface area is 193 Å². The topological polar surface area (TPSA) is 61.8 Å². The maximum absolute atomic E-state index is 13.3. The molecular formula is C22H20Cl2N4O2S. The summed E-state index contributed by atoms with van der Waals surface area (Å²) in [6, 6.07) is 13.1. The SMILES string of the molecule is Cc1ccccc1CSc1nc2c(c(=O)n(Cc3ccc(Cl)cc3Cl)c(=O)n2C)n1C. The van der Waals surface area contributed by atoms with Crippen LogP contribution in [0.3, 0.4) is 0 Å². The van der Waals surface area contributed by atoms with Crippen molar-refractivity contribution in [2.24, 2.45) is 14.1 Å². The molecule has 0 aliphatic rings. The van der Waals surface area contributed by atoms with Gasteiger partial charge >= 0.3 is 5.69 Å². The summed E-state index contributed by atoms with van der Waals surface area (Å²) in [5.41, 5.74) is 2.93. The van der Waals surface area contributed by atoms with Gasteiger partial charge in [-0.1, -0.05) is 65.3 Å². The number of benzene rings is 2. The van der Waals surface area contributed by atoms with Crippen molar-refractivity contribution in [1.82, 2.24) is 18.7 Å². The number of halogens is 2. The van der Waals surface area contributed by atoms with Gasteiger partial charge in [0.25, 0.3) is 5.56 Å². The number of hydrogen-bond acceptors (Lipinski definition) is 4. The van der Waals surface area contributed by atoms with E-state index in [9.17, 15) is 9.59 Å².